The second kappa shape index (κ2) is 12.5. The average Bonchev–Trinajstić information content (AvgIpc) is 3.18. The van der Waals surface area contributed by atoms with Gasteiger partial charge in [-0.1, -0.05) is 68.7 Å². The number of carbonyl (C=O) groups excluding carboxylic acids is 1. The molecule has 35 heavy (non-hydrogen) atoms. The molecule has 4 rings (SSSR count). The highest BCUT2D eigenvalue weighted by Crippen LogP contribution is 2.48. The van der Waals surface area contributed by atoms with Gasteiger partial charge in [-0.25, -0.2) is 4.79 Å². The molecule has 190 valence electrons. The number of aliphatic hydroxyl groups excluding tert-OH is 2. The lowest BCUT2D eigenvalue weighted by Crippen LogP contribution is -2.28. The second-order valence-corrected chi connectivity index (χ2v) is 10.4. The van der Waals surface area contributed by atoms with Gasteiger partial charge in [-0.3, -0.25) is 0 Å². The number of ether oxygens (including phenoxy) is 2. The molecule has 5 heteroatoms. The summed E-state index contributed by atoms with van der Waals surface area (Å²) < 4.78 is 11.3. The minimum atomic E-state index is -0.381. The molecule has 5 atom stereocenters. The van der Waals surface area contributed by atoms with Crippen LogP contribution >= 0.6 is 0 Å². The van der Waals surface area contributed by atoms with Gasteiger partial charge in [-0.2, -0.15) is 0 Å². The molecule has 1 fully saturated rings. The van der Waals surface area contributed by atoms with Crippen molar-refractivity contribution >= 4 is 5.97 Å². The van der Waals surface area contributed by atoms with E-state index in [1.165, 1.54) is 12.0 Å². The molecule has 2 N–H and O–H groups in total. The number of rotatable bonds is 12. The Morgan fingerprint density at radius 3 is 2.69 bits per heavy atom. The quantitative estimate of drug-likeness (QED) is 0.321. The van der Waals surface area contributed by atoms with Crippen LogP contribution < -0.4 is 4.74 Å². The lowest BCUT2D eigenvalue weighted by molar-refractivity contribution is -0.147. The van der Waals surface area contributed by atoms with E-state index in [0.717, 1.165) is 68.2 Å². The summed E-state index contributed by atoms with van der Waals surface area (Å²) in [5.41, 5.74) is 3.37. The number of hydrogen-bond donors (Lipinski definition) is 2. The van der Waals surface area contributed by atoms with Gasteiger partial charge in [0.2, 0.25) is 0 Å². The number of fused-ring (bicyclic) bond motifs is 2. The minimum Gasteiger partial charge on any atom is -0.482 e. The van der Waals surface area contributed by atoms with Crippen LogP contribution in [-0.2, 0) is 29.0 Å². The van der Waals surface area contributed by atoms with Crippen molar-refractivity contribution in [3.8, 4) is 5.75 Å². The first-order valence-electron chi connectivity index (χ1n) is 13.3. The van der Waals surface area contributed by atoms with Gasteiger partial charge in [0, 0.05) is 0 Å². The fraction of sp³-hybridized carbons (Fsp3) is 0.567. The highest BCUT2D eigenvalue weighted by molar-refractivity contribution is 5.71. The van der Waals surface area contributed by atoms with Gasteiger partial charge in [0.05, 0.1) is 12.2 Å². The van der Waals surface area contributed by atoms with Crippen LogP contribution in [-0.4, -0.2) is 35.0 Å². The van der Waals surface area contributed by atoms with E-state index < -0.39 is 0 Å². The monoisotopic (exact) mass is 480 g/mol. The summed E-state index contributed by atoms with van der Waals surface area (Å²) in [6, 6.07) is 15.7. The predicted molar refractivity (Wildman–Crippen MR) is 136 cm³/mol. The Balaban J connectivity index is 1.31. The van der Waals surface area contributed by atoms with Crippen molar-refractivity contribution in [2.24, 2.45) is 17.8 Å². The molecule has 0 saturated heterocycles. The van der Waals surface area contributed by atoms with Gasteiger partial charge >= 0.3 is 5.97 Å². The van der Waals surface area contributed by atoms with Crippen molar-refractivity contribution in [1.82, 2.24) is 0 Å². The summed E-state index contributed by atoms with van der Waals surface area (Å²) in [7, 11) is 0. The van der Waals surface area contributed by atoms with Crippen molar-refractivity contribution in [2.45, 2.75) is 83.5 Å². The normalized spacial score (nSPS) is 23.9. The molecule has 0 spiro atoms. The van der Waals surface area contributed by atoms with Crippen molar-refractivity contribution in [1.29, 1.82) is 0 Å². The van der Waals surface area contributed by atoms with Crippen LogP contribution in [0.5, 0.6) is 5.75 Å². The Kier molecular flexibility index (Phi) is 9.22. The first kappa shape index (κ1) is 25.7. The Bertz CT molecular complexity index is 943. The number of esters is 1. The summed E-state index contributed by atoms with van der Waals surface area (Å²) in [4.78, 5) is 12.2. The maximum Gasteiger partial charge on any atom is 0.344 e. The number of carbonyl (C=O) groups is 1. The number of hydrogen-bond acceptors (Lipinski definition) is 5. The van der Waals surface area contributed by atoms with E-state index >= 15 is 0 Å². The van der Waals surface area contributed by atoms with Crippen LogP contribution in [0.15, 0.2) is 48.5 Å². The predicted octanol–water partition coefficient (Wildman–Crippen LogP) is 5.24. The van der Waals surface area contributed by atoms with Gasteiger partial charge in [-0.05, 0) is 79.0 Å². The highest BCUT2D eigenvalue weighted by atomic mass is 16.6. The van der Waals surface area contributed by atoms with E-state index in [9.17, 15) is 15.0 Å². The zero-order valence-electron chi connectivity index (χ0n) is 20.9. The molecular weight excluding hydrogens is 440 g/mol. The summed E-state index contributed by atoms with van der Waals surface area (Å²) in [6.45, 7) is 2.31. The van der Waals surface area contributed by atoms with E-state index in [-0.39, 0.29) is 37.3 Å². The zero-order chi connectivity index (χ0) is 24.6. The van der Waals surface area contributed by atoms with E-state index in [4.69, 9.17) is 9.47 Å². The standard InChI is InChI=1S/C30H40O5/c1-2-3-5-12-24(31)14-15-25-26-16-22-11-8-13-29(27(22)17-23(26)18-28(25)32)34-20-30(33)35-19-21-9-6-4-7-10-21/h4,6-11,13,23-26,28,31-32H,2-3,5,12,14-20H2,1H3/t23?,24?,25?,26?,28-/m1/s1. The maximum absolute atomic E-state index is 12.2. The SMILES string of the molecule is CCCCCC(O)CCC1C2Cc3cccc(OCC(=O)OCc4ccccc4)c3CC2C[C@H]1O. The van der Waals surface area contributed by atoms with Crippen molar-refractivity contribution in [3.63, 3.8) is 0 Å². The lowest BCUT2D eigenvalue weighted by atomic mass is 9.73. The van der Waals surface area contributed by atoms with Crippen LogP contribution in [0.4, 0.5) is 0 Å². The smallest absolute Gasteiger partial charge is 0.344 e. The Labute approximate surface area is 209 Å². The number of unbranched alkanes of at least 4 members (excludes halogenated alkanes) is 2. The molecular formula is C30H40O5. The molecule has 2 aromatic rings. The Morgan fingerprint density at radius 1 is 1.06 bits per heavy atom. The summed E-state index contributed by atoms with van der Waals surface area (Å²) >= 11 is 0. The van der Waals surface area contributed by atoms with Gasteiger partial charge < -0.3 is 19.7 Å². The molecule has 0 aliphatic heterocycles. The van der Waals surface area contributed by atoms with Crippen LogP contribution in [0.3, 0.4) is 0 Å². The molecule has 1 saturated carbocycles. The average molecular weight is 481 g/mol. The summed E-state index contributed by atoms with van der Waals surface area (Å²) in [5.74, 6) is 1.46. The third-order valence-corrected chi connectivity index (χ3v) is 7.91. The fourth-order valence-corrected chi connectivity index (χ4v) is 6.01. The van der Waals surface area contributed by atoms with Crippen molar-refractivity contribution < 1.29 is 24.5 Å². The molecule has 0 aromatic heterocycles. The van der Waals surface area contributed by atoms with E-state index in [1.54, 1.807) is 0 Å². The molecule has 0 radical (unpaired) electrons. The molecule has 2 aliphatic rings. The molecule has 2 aromatic carbocycles. The van der Waals surface area contributed by atoms with Crippen LogP contribution in [0.1, 0.15) is 68.6 Å². The van der Waals surface area contributed by atoms with Gasteiger partial charge in [0.1, 0.15) is 12.4 Å². The molecule has 0 amide bonds. The van der Waals surface area contributed by atoms with E-state index in [2.05, 4.69) is 13.0 Å². The Morgan fingerprint density at radius 2 is 1.89 bits per heavy atom. The zero-order valence-corrected chi connectivity index (χ0v) is 20.9. The van der Waals surface area contributed by atoms with Gasteiger partial charge in [0.15, 0.2) is 6.61 Å². The first-order valence-corrected chi connectivity index (χ1v) is 13.3. The lowest BCUT2D eigenvalue weighted by Gasteiger charge is -2.32. The molecule has 0 heterocycles. The third-order valence-electron chi connectivity index (χ3n) is 7.91. The van der Waals surface area contributed by atoms with Crippen molar-refractivity contribution in [3.05, 3.63) is 65.2 Å². The highest BCUT2D eigenvalue weighted by Gasteiger charge is 2.44. The molecule has 5 nitrogen and oxygen atoms in total. The first-order chi connectivity index (χ1) is 17.0. The topological polar surface area (TPSA) is 76.0 Å². The number of benzene rings is 2. The van der Waals surface area contributed by atoms with Crippen LogP contribution in [0.25, 0.3) is 0 Å². The van der Waals surface area contributed by atoms with E-state index in [0.29, 0.717) is 11.8 Å². The number of aliphatic hydroxyl groups is 2. The van der Waals surface area contributed by atoms with Crippen LogP contribution in [0, 0.1) is 17.8 Å². The second-order valence-electron chi connectivity index (χ2n) is 10.4. The van der Waals surface area contributed by atoms with Crippen molar-refractivity contribution in [2.75, 3.05) is 6.61 Å². The molecule has 0 bridgehead atoms. The summed E-state index contributed by atoms with van der Waals surface area (Å²) in [5, 5.41) is 21.2. The molecule has 2 aliphatic carbocycles. The third kappa shape index (κ3) is 6.86. The Hall–Kier alpha value is -2.37. The largest absolute Gasteiger partial charge is 0.482 e. The van der Waals surface area contributed by atoms with Gasteiger partial charge in [-0.15, -0.1) is 0 Å². The van der Waals surface area contributed by atoms with Crippen LogP contribution in [0.2, 0.25) is 0 Å². The summed E-state index contributed by atoms with van der Waals surface area (Å²) in [6.07, 6.45) is 7.94. The maximum atomic E-state index is 12.2. The van der Waals surface area contributed by atoms with Gasteiger partial charge in [0.25, 0.3) is 0 Å². The minimum absolute atomic E-state index is 0.113. The fourth-order valence-electron chi connectivity index (χ4n) is 6.01. The van der Waals surface area contributed by atoms with E-state index in [1.807, 2.05) is 42.5 Å². The molecule has 4 unspecified atom stereocenters.